The van der Waals surface area contributed by atoms with Gasteiger partial charge in [0.1, 0.15) is 5.54 Å². The van der Waals surface area contributed by atoms with Gasteiger partial charge in [0.2, 0.25) is 5.91 Å². The van der Waals surface area contributed by atoms with E-state index in [1.54, 1.807) is 13.1 Å². The van der Waals surface area contributed by atoms with Crippen LogP contribution in [0, 0.1) is 17.2 Å². The molecule has 5 heteroatoms. The molecule has 1 heterocycles. The van der Waals surface area contributed by atoms with Crippen LogP contribution in [0.4, 0.5) is 0 Å². The molecule has 1 aliphatic rings. The van der Waals surface area contributed by atoms with Crippen molar-refractivity contribution in [3.05, 3.63) is 58.7 Å². The van der Waals surface area contributed by atoms with Crippen LogP contribution in [0.25, 0.3) is 0 Å². The lowest BCUT2D eigenvalue weighted by molar-refractivity contribution is -0.132. The monoisotopic (exact) mass is 468 g/mol. The molecule has 2 unspecified atom stereocenters. The first-order valence-electron chi connectivity index (χ1n) is 12.7. The molecular weight excluding hydrogens is 420 g/mol. The maximum Gasteiger partial charge on any atom is 0.234 e. The first kappa shape index (κ1) is 33.3. The first-order valence-corrected chi connectivity index (χ1v) is 12.7. The van der Waals surface area contributed by atoms with E-state index in [-0.39, 0.29) is 17.8 Å². The second-order valence-electron chi connectivity index (χ2n) is 7.49. The minimum Gasteiger partial charge on any atom is -0.369 e. The summed E-state index contributed by atoms with van der Waals surface area (Å²) in [5.74, 6) is -0.120. The highest BCUT2D eigenvalue weighted by Gasteiger charge is 2.46. The molecule has 0 aliphatic carbocycles. The molecule has 190 valence electrons. The Kier molecular flexibility index (Phi) is 17.2. The molecule has 1 rings (SSSR count). The molecule has 0 aromatic rings. The number of guanidine groups is 1. The van der Waals surface area contributed by atoms with Gasteiger partial charge in [-0.3, -0.25) is 9.69 Å². The Morgan fingerprint density at radius 1 is 1.15 bits per heavy atom. The molecule has 0 radical (unpaired) electrons. The molecule has 0 saturated carbocycles. The fraction of sp³-hybridized carbons (Fsp3) is 0.552. The number of amides is 1. The topological polar surface area (TPSA) is 82.5 Å². The van der Waals surface area contributed by atoms with E-state index in [1.165, 1.54) is 4.90 Å². The molecule has 2 N–H and O–H groups in total. The van der Waals surface area contributed by atoms with Gasteiger partial charge in [-0.05, 0) is 62.5 Å². The molecule has 0 fully saturated rings. The Morgan fingerprint density at radius 3 is 2.15 bits per heavy atom. The van der Waals surface area contributed by atoms with E-state index in [0.29, 0.717) is 12.0 Å². The predicted octanol–water partition coefficient (Wildman–Crippen LogP) is 7.26. The lowest BCUT2D eigenvalue weighted by Crippen LogP contribution is -2.55. The highest BCUT2D eigenvalue weighted by atomic mass is 16.2. The summed E-state index contributed by atoms with van der Waals surface area (Å²) >= 11 is 0. The zero-order chi connectivity index (χ0) is 26.9. The van der Waals surface area contributed by atoms with Crippen molar-refractivity contribution in [2.75, 3.05) is 7.05 Å². The molecule has 2 atom stereocenters. The summed E-state index contributed by atoms with van der Waals surface area (Å²) in [6.07, 6.45) is 14.2. The fourth-order valence-electron chi connectivity index (χ4n) is 3.88. The Bertz CT molecular complexity index is 865. The summed E-state index contributed by atoms with van der Waals surface area (Å²) in [4.78, 5) is 19.3. The van der Waals surface area contributed by atoms with Crippen LogP contribution < -0.4 is 5.73 Å². The molecule has 0 bridgehead atoms. The summed E-state index contributed by atoms with van der Waals surface area (Å²) in [7, 11) is 1.67. The number of nitriles is 1. The van der Waals surface area contributed by atoms with Gasteiger partial charge in [0.15, 0.2) is 5.96 Å². The fourth-order valence-corrected chi connectivity index (χ4v) is 3.88. The van der Waals surface area contributed by atoms with Crippen molar-refractivity contribution >= 4 is 11.9 Å². The van der Waals surface area contributed by atoms with Crippen molar-refractivity contribution in [3.63, 3.8) is 0 Å². The third-order valence-corrected chi connectivity index (χ3v) is 5.70. The number of rotatable bonds is 8. The highest BCUT2D eigenvalue weighted by Crippen LogP contribution is 2.40. The van der Waals surface area contributed by atoms with E-state index in [0.717, 1.165) is 29.6 Å². The van der Waals surface area contributed by atoms with Crippen LogP contribution in [-0.4, -0.2) is 29.4 Å². The van der Waals surface area contributed by atoms with Gasteiger partial charge < -0.3 is 5.73 Å². The average Bonchev–Trinajstić information content (AvgIpc) is 2.87. The van der Waals surface area contributed by atoms with E-state index in [2.05, 4.69) is 26.0 Å². The average molecular weight is 469 g/mol. The van der Waals surface area contributed by atoms with Gasteiger partial charge >= 0.3 is 0 Å². The van der Waals surface area contributed by atoms with Crippen molar-refractivity contribution in [1.82, 2.24) is 4.90 Å². The van der Waals surface area contributed by atoms with Crippen LogP contribution >= 0.6 is 0 Å². The van der Waals surface area contributed by atoms with Gasteiger partial charge in [0, 0.05) is 12.6 Å². The van der Waals surface area contributed by atoms with E-state index in [4.69, 9.17) is 10.7 Å². The van der Waals surface area contributed by atoms with Crippen LogP contribution in [0.2, 0.25) is 0 Å². The van der Waals surface area contributed by atoms with E-state index >= 15 is 0 Å². The zero-order valence-corrected chi connectivity index (χ0v) is 23.5. The van der Waals surface area contributed by atoms with Crippen molar-refractivity contribution in [1.29, 1.82) is 5.26 Å². The minimum atomic E-state index is -0.722. The predicted molar refractivity (Wildman–Crippen MR) is 148 cm³/mol. The van der Waals surface area contributed by atoms with Crippen LogP contribution in [0.5, 0.6) is 0 Å². The number of nitrogens with zero attached hydrogens (tertiary/aromatic N) is 3. The highest BCUT2D eigenvalue weighted by molar-refractivity contribution is 6.00. The zero-order valence-electron chi connectivity index (χ0n) is 23.5. The molecule has 34 heavy (non-hydrogen) atoms. The summed E-state index contributed by atoms with van der Waals surface area (Å²) in [6, 6.07) is 2.22. The molecule has 1 aliphatic heterocycles. The molecule has 0 aromatic carbocycles. The van der Waals surface area contributed by atoms with Crippen molar-refractivity contribution in [2.45, 2.75) is 94.0 Å². The van der Waals surface area contributed by atoms with Gasteiger partial charge in [-0.1, -0.05) is 79.2 Å². The largest absolute Gasteiger partial charge is 0.369 e. The van der Waals surface area contributed by atoms with Gasteiger partial charge in [-0.25, -0.2) is 4.99 Å². The van der Waals surface area contributed by atoms with E-state index in [1.807, 2.05) is 79.7 Å². The van der Waals surface area contributed by atoms with Crippen LogP contribution in [-0.2, 0) is 4.79 Å². The van der Waals surface area contributed by atoms with Crippen LogP contribution in [0.15, 0.2) is 63.7 Å². The number of carbonyl (C=O) groups excluding carboxylic acids is 1. The van der Waals surface area contributed by atoms with Crippen LogP contribution in [0.3, 0.4) is 0 Å². The van der Waals surface area contributed by atoms with Crippen molar-refractivity contribution < 1.29 is 4.79 Å². The second-order valence-corrected chi connectivity index (χ2v) is 7.49. The maximum atomic E-state index is 12.9. The summed E-state index contributed by atoms with van der Waals surface area (Å²) in [6.45, 7) is 19.9. The standard InChI is InChI=1S/C25H36N4O.2C2H6/c1-8-13-22(16-21(12-5)20(11-4)15-19(10-3)17-26)25(14-9-2)18(6)23(30)29(7)24(27)28-25;2*1-2/h8,10,12-13,15-16,18H,9,11,14H2,1-7H3,(H2,27,28);2*1-2H3/b13-8-,19-10+,20-15+,21-12+,22-16+;;. The van der Waals surface area contributed by atoms with Gasteiger partial charge in [0.25, 0.3) is 0 Å². The smallest absolute Gasteiger partial charge is 0.234 e. The van der Waals surface area contributed by atoms with Gasteiger partial charge in [-0.2, -0.15) is 5.26 Å². The summed E-state index contributed by atoms with van der Waals surface area (Å²) in [5, 5.41) is 9.34. The lowest BCUT2D eigenvalue weighted by atomic mass is 9.73. The SMILES string of the molecule is CC.CC.C\C=C/C(=C\C(=C/C)C(=C\C(C#N)=C/C)\CC)C1(CCC)N=C(N)N(C)C(=O)C1C. The summed E-state index contributed by atoms with van der Waals surface area (Å²) in [5.41, 5.74) is 9.09. The molecule has 5 nitrogen and oxygen atoms in total. The van der Waals surface area contributed by atoms with E-state index in [9.17, 15) is 10.1 Å². The third-order valence-electron chi connectivity index (χ3n) is 5.70. The van der Waals surface area contributed by atoms with Gasteiger partial charge in [-0.15, -0.1) is 0 Å². The minimum absolute atomic E-state index is 0.0275. The van der Waals surface area contributed by atoms with E-state index < -0.39 is 5.54 Å². The Labute approximate surface area is 209 Å². The molecule has 0 saturated heterocycles. The quantitative estimate of drug-likeness (QED) is 0.301. The molecular formula is C29H48N4O. The number of nitrogens with two attached hydrogens (primary N) is 1. The van der Waals surface area contributed by atoms with Crippen molar-refractivity contribution in [3.8, 4) is 6.07 Å². The third kappa shape index (κ3) is 8.17. The Balaban J connectivity index is 0. The second kappa shape index (κ2) is 17.6. The lowest BCUT2D eigenvalue weighted by Gasteiger charge is -2.42. The Morgan fingerprint density at radius 2 is 1.74 bits per heavy atom. The van der Waals surface area contributed by atoms with Crippen LogP contribution in [0.1, 0.15) is 88.5 Å². The number of hydrogen-bond donors (Lipinski definition) is 1. The number of allylic oxidation sites excluding steroid dienone is 8. The Hall–Kier alpha value is -2.87. The molecule has 1 amide bonds. The van der Waals surface area contributed by atoms with Crippen molar-refractivity contribution in [2.24, 2.45) is 16.6 Å². The maximum absolute atomic E-state index is 12.9. The summed E-state index contributed by atoms with van der Waals surface area (Å²) < 4.78 is 0. The molecule has 0 spiro atoms. The normalized spacial score (nSPS) is 21.8. The first-order chi connectivity index (χ1) is 16.3. The number of hydrogen-bond acceptors (Lipinski definition) is 4. The molecule has 0 aromatic heterocycles. The number of carbonyl (C=O) groups is 1. The number of aliphatic imine (C=N–C) groups is 1. The van der Waals surface area contributed by atoms with Gasteiger partial charge in [0.05, 0.1) is 12.0 Å².